The molecule has 3 rings (SSSR count). The first kappa shape index (κ1) is 10.3. The first-order chi connectivity index (χ1) is 8.25. The third-order valence-electron chi connectivity index (χ3n) is 3.24. The van der Waals surface area contributed by atoms with Crippen LogP contribution in [0.4, 0.5) is 10.1 Å². The van der Waals surface area contributed by atoms with Gasteiger partial charge in [-0.2, -0.15) is 5.10 Å². The van der Waals surface area contributed by atoms with Gasteiger partial charge in [-0.1, -0.05) is 0 Å². The Balaban J connectivity index is 2.07. The minimum Gasteiger partial charge on any atom is -0.372 e. The first-order valence-corrected chi connectivity index (χ1v) is 5.80. The normalized spacial score (nSPS) is 14.8. The van der Waals surface area contributed by atoms with Gasteiger partial charge in [-0.3, -0.25) is 0 Å². The second kappa shape index (κ2) is 3.87. The average Bonchev–Trinajstić information content (AvgIpc) is 2.75. The van der Waals surface area contributed by atoms with E-state index in [1.54, 1.807) is 12.1 Å². The average molecular weight is 231 g/mol. The highest BCUT2D eigenvalue weighted by molar-refractivity contribution is 5.53. The lowest BCUT2D eigenvalue weighted by molar-refractivity contribution is 0.626. The summed E-state index contributed by atoms with van der Waals surface area (Å²) in [6, 6.07) is 6.46. The van der Waals surface area contributed by atoms with Crippen molar-refractivity contribution < 1.29 is 4.39 Å². The van der Waals surface area contributed by atoms with E-state index in [-0.39, 0.29) is 5.82 Å². The van der Waals surface area contributed by atoms with Crippen LogP contribution in [0.2, 0.25) is 0 Å². The highest BCUT2D eigenvalue weighted by Crippen LogP contribution is 2.27. The van der Waals surface area contributed by atoms with Gasteiger partial charge >= 0.3 is 0 Å². The summed E-state index contributed by atoms with van der Waals surface area (Å²) >= 11 is 0. The smallest absolute Gasteiger partial charge is 0.123 e. The molecule has 2 heterocycles. The summed E-state index contributed by atoms with van der Waals surface area (Å²) in [5.74, 6) is -0.216. The number of hydrogen-bond donors (Lipinski definition) is 0. The van der Waals surface area contributed by atoms with Crippen molar-refractivity contribution in [2.75, 3.05) is 18.5 Å². The molecule has 1 aliphatic heterocycles. The second-order valence-electron chi connectivity index (χ2n) is 4.39. The van der Waals surface area contributed by atoms with E-state index < -0.39 is 0 Å². The van der Waals surface area contributed by atoms with Crippen LogP contribution >= 0.6 is 0 Å². The maximum absolute atomic E-state index is 12.9. The quantitative estimate of drug-likeness (QED) is 0.751. The third kappa shape index (κ3) is 1.69. The zero-order valence-corrected chi connectivity index (χ0v) is 9.73. The molecule has 1 aromatic carbocycles. The monoisotopic (exact) mass is 231 g/mol. The summed E-state index contributed by atoms with van der Waals surface area (Å²) < 4.78 is 14.8. The number of anilines is 1. The predicted molar refractivity (Wildman–Crippen MR) is 65.1 cm³/mol. The lowest BCUT2D eigenvalue weighted by atomic mass is 10.1. The number of nitrogens with zero attached hydrogens (tertiary/aromatic N) is 3. The molecule has 0 fully saturated rings. The molecule has 1 aliphatic rings. The Morgan fingerprint density at radius 1 is 1.24 bits per heavy atom. The Bertz CT molecular complexity index is 530. The van der Waals surface area contributed by atoms with Gasteiger partial charge in [0, 0.05) is 13.6 Å². The van der Waals surface area contributed by atoms with Crippen LogP contribution in [0.1, 0.15) is 12.1 Å². The third-order valence-corrected chi connectivity index (χ3v) is 3.24. The second-order valence-corrected chi connectivity index (χ2v) is 4.39. The molecule has 0 aliphatic carbocycles. The van der Waals surface area contributed by atoms with E-state index in [0.717, 1.165) is 25.1 Å². The molecule has 0 spiro atoms. The van der Waals surface area contributed by atoms with Crippen LogP contribution in [0.3, 0.4) is 0 Å². The Hall–Kier alpha value is -1.84. The maximum atomic E-state index is 12.9. The molecule has 0 bridgehead atoms. The summed E-state index contributed by atoms with van der Waals surface area (Å²) in [5, 5.41) is 4.40. The molecular weight excluding hydrogens is 217 g/mol. The van der Waals surface area contributed by atoms with Crippen molar-refractivity contribution in [1.29, 1.82) is 0 Å². The number of halogens is 1. The molecule has 1 aromatic heterocycles. The highest BCUT2D eigenvalue weighted by Gasteiger charge is 2.19. The van der Waals surface area contributed by atoms with Crippen molar-refractivity contribution in [3.05, 3.63) is 42.0 Å². The lowest BCUT2D eigenvalue weighted by Gasteiger charge is -2.24. The van der Waals surface area contributed by atoms with Crippen molar-refractivity contribution in [2.45, 2.75) is 12.8 Å². The topological polar surface area (TPSA) is 21.1 Å². The molecule has 2 aromatic rings. The number of fused-ring (bicyclic) bond motifs is 1. The van der Waals surface area contributed by atoms with E-state index in [1.807, 2.05) is 10.9 Å². The fourth-order valence-corrected chi connectivity index (χ4v) is 2.33. The van der Waals surface area contributed by atoms with E-state index >= 15 is 0 Å². The fraction of sp³-hybridized carbons (Fsp3) is 0.308. The van der Waals surface area contributed by atoms with E-state index in [2.05, 4.69) is 17.0 Å². The number of benzene rings is 1. The lowest BCUT2D eigenvalue weighted by Crippen LogP contribution is -2.24. The summed E-state index contributed by atoms with van der Waals surface area (Å²) in [4.78, 5) is 2.21. The van der Waals surface area contributed by atoms with Gasteiger partial charge in [0.2, 0.25) is 0 Å². The van der Waals surface area contributed by atoms with Crippen molar-refractivity contribution in [3.8, 4) is 5.69 Å². The molecule has 4 heteroatoms. The summed E-state index contributed by atoms with van der Waals surface area (Å²) in [6.45, 7) is 1.07. The van der Waals surface area contributed by atoms with E-state index in [9.17, 15) is 4.39 Å². The Morgan fingerprint density at radius 2 is 2.00 bits per heavy atom. The van der Waals surface area contributed by atoms with Gasteiger partial charge in [0.25, 0.3) is 0 Å². The van der Waals surface area contributed by atoms with Crippen LogP contribution in [0.5, 0.6) is 0 Å². The van der Waals surface area contributed by atoms with Gasteiger partial charge in [0.1, 0.15) is 5.82 Å². The molecular formula is C13H14FN3. The van der Waals surface area contributed by atoms with Crippen molar-refractivity contribution in [2.24, 2.45) is 0 Å². The Kier molecular flexibility index (Phi) is 2.35. The molecule has 3 nitrogen and oxygen atoms in total. The number of aromatic nitrogens is 2. The molecule has 0 amide bonds. The van der Waals surface area contributed by atoms with E-state index in [1.165, 1.54) is 23.5 Å². The van der Waals surface area contributed by atoms with Gasteiger partial charge in [-0.15, -0.1) is 0 Å². The van der Waals surface area contributed by atoms with Crippen molar-refractivity contribution in [1.82, 2.24) is 9.78 Å². The van der Waals surface area contributed by atoms with Gasteiger partial charge in [0.15, 0.2) is 0 Å². The predicted octanol–water partition coefficient (Wildman–Crippen LogP) is 2.39. The molecule has 0 radical (unpaired) electrons. The summed E-state index contributed by atoms with van der Waals surface area (Å²) in [7, 11) is 2.08. The highest BCUT2D eigenvalue weighted by atomic mass is 19.1. The minimum absolute atomic E-state index is 0.216. The van der Waals surface area contributed by atoms with Crippen LogP contribution in [-0.4, -0.2) is 23.4 Å². The number of rotatable bonds is 1. The fourth-order valence-electron chi connectivity index (χ4n) is 2.33. The molecule has 0 unspecified atom stereocenters. The standard InChI is InChI=1S/C13H14FN3/c1-16-8-2-3-12-13(16)9-15-17(12)11-6-4-10(14)5-7-11/h4-7,9H,2-3,8H2,1H3. The first-order valence-electron chi connectivity index (χ1n) is 5.80. The molecule has 0 N–H and O–H groups in total. The van der Waals surface area contributed by atoms with E-state index in [0.29, 0.717) is 0 Å². The van der Waals surface area contributed by atoms with Gasteiger partial charge < -0.3 is 4.90 Å². The maximum Gasteiger partial charge on any atom is 0.123 e. The van der Waals surface area contributed by atoms with Crippen molar-refractivity contribution >= 4 is 5.69 Å². The van der Waals surface area contributed by atoms with E-state index in [4.69, 9.17) is 0 Å². The molecule has 88 valence electrons. The van der Waals surface area contributed by atoms with Crippen LogP contribution in [0.15, 0.2) is 30.5 Å². The molecule has 17 heavy (non-hydrogen) atoms. The number of hydrogen-bond acceptors (Lipinski definition) is 2. The van der Waals surface area contributed by atoms with Gasteiger partial charge in [0.05, 0.1) is 23.3 Å². The largest absolute Gasteiger partial charge is 0.372 e. The molecule has 0 atom stereocenters. The van der Waals surface area contributed by atoms with Crippen molar-refractivity contribution in [3.63, 3.8) is 0 Å². The zero-order valence-electron chi connectivity index (χ0n) is 9.73. The summed E-state index contributed by atoms with van der Waals surface area (Å²) in [5.41, 5.74) is 3.31. The SMILES string of the molecule is CN1CCCc2c1cnn2-c1ccc(F)cc1. The Morgan fingerprint density at radius 3 is 2.76 bits per heavy atom. The van der Waals surface area contributed by atoms with Crippen LogP contribution in [0.25, 0.3) is 5.69 Å². The molecule has 0 saturated carbocycles. The van der Waals surface area contributed by atoms with Gasteiger partial charge in [-0.25, -0.2) is 9.07 Å². The zero-order chi connectivity index (χ0) is 11.8. The summed E-state index contributed by atoms with van der Waals surface area (Å²) in [6.07, 6.45) is 4.05. The Labute approximate surface area is 99.5 Å². The van der Waals surface area contributed by atoms with Crippen LogP contribution in [0, 0.1) is 5.82 Å². The van der Waals surface area contributed by atoms with Gasteiger partial charge in [-0.05, 0) is 37.1 Å². The minimum atomic E-state index is -0.216. The van der Waals surface area contributed by atoms with Crippen LogP contribution < -0.4 is 4.90 Å². The molecule has 0 saturated heterocycles. The van der Waals surface area contributed by atoms with Crippen LogP contribution in [-0.2, 0) is 6.42 Å².